The third-order valence-electron chi connectivity index (χ3n) is 8.77. The SMILES string of the molecule is CCCC/C=C\C/C=C\CCCCCCCC(=O)NC(COP(=O)(O)OCC[N+](C)(C)C)C(O)/C=C/CC/C=C/CCCCCCCCCCC. The quantitative estimate of drug-likeness (QED) is 0.0256. The first-order valence-electron chi connectivity index (χ1n) is 20.5. The van der Waals surface area contributed by atoms with Crippen molar-refractivity contribution in [1.82, 2.24) is 5.32 Å². The second-order valence-electron chi connectivity index (χ2n) is 15.0. The van der Waals surface area contributed by atoms with Gasteiger partial charge < -0.3 is 19.8 Å². The molecular formula is C42H80N2O6P+. The molecule has 0 radical (unpaired) electrons. The molecule has 3 unspecified atom stereocenters. The minimum atomic E-state index is -4.34. The van der Waals surface area contributed by atoms with Crippen LogP contribution in [0.1, 0.15) is 162 Å². The average molecular weight is 740 g/mol. The number of rotatable bonds is 36. The van der Waals surface area contributed by atoms with Crippen LogP contribution >= 0.6 is 7.82 Å². The molecule has 51 heavy (non-hydrogen) atoms. The Morgan fingerprint density at radius 2 is 1.16 bits per heavy atom. The van der Waals surface area contributed by atoms with Crippen LogP contribution in [-0.2, 0) is 18.4 Å². The van der Waals surface area contributed by atoms with Gasteiger partial charge in [0.2, 0.25) is 5.91 Å². The van der Waals surface area contributed by atoms with Crippen LogP contribution in [0.4, 0.5) is 0 Å². The first-order valence-corrected chi connectivity index (χ1v) is 22.0. The van der Waals surface area contributed by atoms with E-state index in [2.05, 4.69) is 55.6 Å². The van der Waals surface area contributed by atoms with Gasteiger partial charge in [-0.15, -0.1) is 0 Å². The number of aliphatic hydroxyl groups excluding tert-OH is 1. The predicted octanol–water partition coefficient (Wildman–Crippen LogP) is 10.9. The number of hydrogen-bond donors (Lipinski definition) is 3. The van der Waals surface area contributed by atoms with Crippen molar-refractivity contribution in [3.05, 3.63) is 48.6 Å². The number of carbonyl (C=O) groups excluding carboxylic acids is 1. The van der Waals surface area contributed by atoms with Gasteiger partial charge in [0.1, 0.15) is 13.2 Å². The molecule has 0 aliphatic rings. The van der Waals surface area contributed by atoms with Crippen LogP contribution < -0.4 is 5.32 Å². The maximum absolute atomic E-state index is 12.8. The summed E-state index contributed by atoms with van der Waals surface area (Å²) in [6.07, 6.45) is 41.7. The van der Waals surface area contributed by atoms with Crippen LogP contribution in [-0.4, -0.2) is 73.4 Å². The second-order valence-corrected chi connectivity index (χ2v) is 16.5. The van der Waals surface area contributed by atoms with Crippen LogP contribution in [0.3, 0.4) is 0 Å². The van der Waals surface area contributed by atoms with E-state index in [1.807, 2.05) is 27.2 Å². The number of phosphoric acid groups is 1. The number of allylic oxidation sites excluding steroid dienone is 7. The zero-order valence-electron chi connectivity index (χ0n) is 33.6. The first kappa shape index (κ1) is 49.5. The molecule has 9 heteroatoms. The summed E-state index contributed by atoms with van der Waals surface area (Å²) in [4.78, 5) is 23.0. The van der Waals surface area contributed by atoms with Gasteiger partial charge in [0.05, 0.1) is 39.9 Å². The number of carbonyl (C=O) groups is 1. The summed E-state index contributed by atoms with van der Waals surface area (Å²) in [7, 11) is 1.54. The highest BCUT2D eigenvalue weighted by molar-refractivity contribution is 7.47. The van der Waals surface area contributed by atoms with E-state index >= 15 is 0 Å². The normalized spacial score (nSPS) is 15.0. The summed E-state index contributed by atoms with van der Waals surface area (Å²) in [5.74, 6) is -0.205. The van der Waals surface area contributed by atoms with Crippen molar-refractivity contribution < 1.29 is 32.9 Å². The van der Waals surface area contributed by atoms with Crippen molar-refractivity contribution in [3.63, 3.8) is 0 Å². The van der Waals surface area contributed by atoms with Gasteiger partial charge in [-0.05, 0) is 57.8 Å². The van der Waals surface area contributed by atoms with E-state index in [0.29, 0.717) is 17.4 Å². The Morgan fingerprint density at radius 1 is 0.667 bits per heavy atom. The predicted molar refractivity (Wildman–Crippen MR) is 217 cm³/mol. The molecule has 8 nitrogen and oxygen atoms in total. The fourth-order valence-electron chi connectivity index (χ4n) is 5.42. The molecule has 0 heterocycles. The Balaban J connectivity index is 4.58. The molecule has 0 aromatic carbocycles. The number of nitrogens with zero attached hydrogens (tertiary/aromatic N) is 1. The molecule has 3 atom stereocenters. The largest absolute Gasteiger partial charge is 0.472 e. The summed E-state index contributed by atoms with van der Waals surface area (Å²) >= 11 is 0. The number of phosphoric ester groups is 1. The fraction of sp³-hybridized carbons (Fsp3) is 0.786. The van der Waals surface area contributed by atoms with Crippen LogP contribution in [0.2, 0.25) is 0 Å². The van der Waals surface area contributed by atoms with E-state index in [1.54, 1.807) is 6.08 Å². The first-order chi connectivity index (χ1) is 24.5. The lowest BCUT2D eigenvalue weighted by atomic mass is 10.1. The summed E-state index contributed by atoms with van der Waals surface area (Å²) in [5, 5.41) is 13.7. The van der Waals surface area contributed by atoms with Gasteiger partial charge in [-0.25, -0.2) is 4.57 Å². The topological polar surface area (TPSA) is 105 Å². The third kappa shape index (κ3) is 36.6. The zero-order chi connectivity index (χ0) is 37.9. The number of unbranched alkanes of at least 4 members (excludes halogenated alkanes) is 17. The van der Waals surface area contributed by atoms with Gasteiger partial charge in [0, 0.05) is 6.42 Å². The standard InChI is InChI=1S/C42H79N2O6P/c1-6-8-10-12-14-16-18-20-22-23-25-27-29-31-33-35-41(45)40(39-50-51(47,48)49-38-37-44(3,4)5)43-42(46)36-34-32-30-28-26-24-21-19-17-15-13-11-9-7-2/h13,15,19,21,25,27,33,35,40-41,45H,6-12,14,16-18,20,22-24,26,28-32,34,36-39H2,1-5H3,(H-,43,46,47,48)/p+1/b15-13-,21-19-,27-25+,35-33+. The van der Waals surface area contributed by atoms with Crippen LogP contribution in [0.25, 0.3) is 0 Å². The van der Waals surface area contributed by atoms with Gasteiger partial charge in [-0.2, -0.15) is 0 Å². The zero-order valence-corrected chi connectivity index (χ0v) is 34.5. The second kappa shape index (κ2) is 34.2. The van der Waals surface area contributed by atoms with Crippen LogP contribution in [0, 0.1) is 0 Å². The number of nitrogens with one attached hydrogen (secondary N) is 1. The average Bonchev–Trinajstić information content (AvgIpc) is 3.07. The number of aliphatic hydroxyl groups is 1. The summed E-state index contributed by atoms with van der Waals surface area (Å²) in [5.41, 5.74) is 0. The lowest BCUT2D eigenvalue weighted by molar-refractivity contribution is -0.870. The van der Waals surface area contributed by atoms with Crippen molar-refractivity contribution in [1.29, 1.82) is 0 Å². The molecule has 0 bridgehead atoms. The Kier molecular flexibility index (Phi) is 33.2. The lowest BCUT2D eigenvalue weighted by Gasteiger charge is -2.25. The van der Waals surface area contributed by atoms with Crippen molar-refractivity contribution in [2.75, 3.05) is 40.9 Å². The van der Waals surface area contributed by atoms with Gasteiger partial charge in [0.25, 0.3) is 0 Å². The molecule has 3 N–H and O–H groups in total. The molecule has 0 aliphatic heterocycles. The number of amides is 1. The number of likely N-dealkylation sites (N-methyl/N-ethyl adjacent to an activating group) is 1. The molecule has 0 spiro atoms. The molecule has 0 aromatic heterocycles. The molecular weight excluding hydrogens is 659 g/mol. The molecule has 1 amide bonds. The van der Waals surface area contributed by atoms with E-state index in [0.717, 1.165) is 64.2 Å². The van der Waals surface area contributed by atoms with E-state index in [-0.39, 0.29) is 19.1 Å². The Hall–Kier alpha value is -1.54. The van der Waals surface area contributed by atoms with Gasteiger partial charge >= 0.3 is 7.82 Å². The van der Waals surface area contributed by atoms with E-state index < -0.39 is 20.0 Å². The van der Waals surface area contributed by atoms with Crippen molar-refractivity contribution in [2.24, 2.45) is 0 Å². The van der Waals surface area contributed by atoms with E-state index in [1.165, 1.54) is 77.0 Å². The maximum Gasteiger partial charge on any atom is 0.472 e. The van der Waals surface area contributed by atoms with Crippen molar-refractivity contribution in [2.45, 2.75) is 174 Å². The summed E-state index contributed by atoms with van der Waals surface area (Å²) < 4.78 is 23.5. The Bertz CT molecular complexity index is 975. The van der Waals surface area contributed by atoms with Crippen LogP contribution in [0.15, 0.2) is 48.6 Å². The monoisotopic (exact) mass is 740 g/mol. The van der Waals surface area contributed by atoms with Crippen LogP contribution in [0.5, 0.6) is 0 Å². The number of quaternary nitrogens is 1. The highest BCUT2D eigenvalue weighted by atomic mass is 31.2. The fourth-order valence-corrected chi connectivity index (χ4v) is 6.16. The molecule has 0 rings (SSSR count). The van der Waals surface area contributed by atoms with E-state index in [9.17, 15) is 19.4 Å². The summed E-state index contributed by atoms with van der Waals surface area (Å²) in [6, 6.07) is -0.869. The molecule has 0 aromatic rings. The smallest absolute Gasteiger partial charge is 0.387 e. The maximum atomic E-state index is 12.8. The van der Waals surface area contributed by atoms with E-state index in [4.69, 9.17) is 9.05 Å². The van der Waals surface area contributed by atoms with Crippen molar-refractivity contribution >= 4 is 13.7 Å². The van der Waals surface area contributed by atoms with Gasteiger partial charge in [0.15, 0.2) is 0 Å². The molecule has 0 fully saturated rings. The molecule has 0 saturated heterocycles. The highest BCUT2D eigenvalue weighted by Gasteiger charge is 2.27. The molecule has 298 valence electrons. The Labute approximate surface area is 314 Å². The third-order valence-corrected chi connectivity index (χ3v) is 9.76. The highest BCUT2D eigenvalue weighted by Crippen LogP contribution is 2.43. The molecule has 0 aliphatic carbocycles. The van der Waals surface area contributed by atoms with Crippen molar-refractivity contribution in [3.8, 4) is 0 Å². The Morgan fingerprint density at radius 3 is 1.75 bits per heavy atom. The minimum Gasteiger partial charge on any atom is -0.387 e. The molecule has 0 saturated carbocycles. The van der Waals surface area contributed by atoms with Gasteiger partial charge in [-0.3, -0.25) is 13.8 Å². The number of hydrogen-bond acceptors (Lipinski definition) is 5. The lowest BCUT2D eigenvalue weighted by Crippen LogP contribution is -2.45. The minimum absolute atomic E-state index is 0.0517. The summed E-state index contributed by atoms with van der Waals surface area (Å²) in [6.45, 7) is 4.71. The van der Waals surface area contributed by atoms with Gasteiger partial charge in [-0.1, -0.05) is 146 Å².